The highest BCUT2D eigenvalue weighted by Gasteiger charge is 2.40. The van der Waals surface area contributed by atoms with E-state index in [2.05, 4.69) is 4.98 Å². The maximum atomic E-state index is 10.7. The summed E-state index contributed by atoms with van der Waals surface area (Å²) in [6, 6.07) is 1.84. The molecule has 1 saturated carbocycles. The van der Waals surface area contributed by atoms with Crippen LogP contribution < -0.4 is 4.74 Å². The highest BCUT2D eigenvalue weighted by molar-refractivity contribution is 5.27. The first kappa shape index (κ1) is 14.3. The molecule has 4 nitrogen and oxygen atoms in total. The zero-order valence-corrected chi connectivity index (χ0v) is 11.8. The van der Waals surface area contributed by atoms with Gasteiger partial charge in [0.25, 0.3) is 0 Å². The Balaban J connectivity index is 2.24. The van der Waals surface area contributed by atoms with E-state index in [1.165, 1.54) is 6.42 Å². The van der Waals surface area contributed by atoms with E-state index in [0.717, 1.165) is 31.2 Å². The number of methoxy groups -OCH3 is 1. The molecule has 0 amide bonds. The zero-order chi connectivity index (χ0) is 13.7. The van der Waals surface area contributed by atoms with Gasteiger partial charge >= 0.3 is 0 Å². The van der Waals surface area contributed by atoms with Crippen LogP contribution in [0.25, 0.3) is 0 Å². The molecule has 2 rings (SSSR count). The van der Waals surface area contributed by atoms with Gasteiger partial charge < -0.3 is 14.6 Å². The number of aliphatic hydroxyl groups excluding tert-OH is 1. The third-order valence-electron chi connectivity index (χ3n) is 3.92. The van der Waals surface area contributed by atoms with Crippen molar-refractivity contribution in [1.29, 1.82) is 0 Å². The standard InChI is InChI=1S/C15H23NO3/c1-3-19-15(7-5-4-6-8-15)14(17)12-9-13(18-2)11-16-10-12/h9-11,14,17H,3-8H2,1-2H3. The van der Waals surface area contributed by atoms with Gasteiger partial charge in [-0.15, -0.1) is 0 Å². The molecule has 1 unspecified atom stereocenters. The molecule has 0 aromatic carbocycles. The lowest BCUT2D eigenvalue weighted by molar-refractivity contribution is -0.141. The van der Waals surface area contributed by atoms with Gasteiger partial charge in [-0.3, -0.25) is 4.98 Å². The van der Waals surface area contributed by atoms with E-state index in [-0.39, 0.29) is 0 Å². The predicted octanol–water partition coefficient (Wildman–Crippen LogP) is 2.86. The molecule has 1 atom stereocenters. The van der Waals surface area contributed by atoms with Crippen LogP contribution in [0.2, 0.25) is 0 Å². The molecule has 106 valence electrons. The van der Waals surface area contributed by atoms with Gasteiger partial charge in [0.1, 0.15) is 11.9 Å². The van der Waals surface area contributed by atoms with Crippen LogP contribution in [0, 0.1) is 0 Å². The summed E-state index contributed by atoms with van der Waals surface area (Å²) >= 11 is 0. The molecule has 1 aromatic heterocycles. The van der Waals surface area contributed by atoms with Crippen molar-refractivity contribution >= 4 is 0 Å². The second-order valence-electron chi connectivity index (χ2n) is 5.12. The van der Waals surface area contributed by atoms with Crippen LogP contribution in [0.5, 0.6) is 5.75 Å². The minimum Gasteiger partial charge on any atom is -0.495 e. The molecule has 1 heterocycles. The number of rotatable bonds is 5. The highest BCUT2D eigenvalue weighted by Crippen LogP contribution is 2.41. The monoisotopic (exact) mass is 265 g/mol. The van der Waals surface area contributed by atoms with Crippen molar-refractivity contribution < 1.29 is 14.6 Å². The van der Waals surface area contributed by atoms with Gasteiger partial charge in [0.05, 0.1) is 18.9 Å². The number of hydrogen-bond donors (Lipinski definition) is 1. The first-order valence-electron chi connectivity index (χ1n) is 7.03. The summed E-state index contributed by atoms with van der Waals surface area (Å²) in [5.74, 6) is 0.666. The van der Waals surface area contributed by atoms with Crippen molar-refractivity contribution in [2.45, 2.75) is 50.7 Å². The summed E-state index contributed by atoms with van der Waals surface area (Å²) in [7, 11) is 1.60. The smallest absolute Gasteiger partial charge is 0.137 e. The lowest BCUT2D eigenvalue weighted by Gasteiger charge is -2.40. The van der Waals surface area contributed by atoms with E-state index in [9.17, 15) is 5.11 Å². The van der Waals surface area contributed by atoms with E-state index < -0.39 is 11.7 Å². The van der Waals surface area contributed by atoms with Crippen molar-refractivity contribution in [2.24, 2.45) is 0 Å². The average Bonchev–Trinajstić information content (AvgIpc) is 2.48. The van der Waals surface area contributed by atoms with Crippen LogP contribution >= 0.6 is 0 Å². The Morgan fingerprint density at radius 1 is 1.32 bits per heavy atom. The van der Waals surface area contributed by atoms with Crippen LogP contribution in [0.15, 0.2) is 18.5 Å². The van der Waals surface area contributed by atoms with Crippen LogP contribution in [0.3, 0.4) is 0 Å². The minimum absolute atomic E-state index is 0.457. The topological polar surface area (TPSA) is 51.6 Å². The van der Waals surface area contributed by atoms with Gasteiger partial charge in [-0.1, -0.05) is 19.3 Å². The highest BCUT2D eigenvalue weighted by atomic mass is 16.5. The molecule has 1 N–H and O–H groups in total. The number of pyridine rings is 1. The first-order valence-corrected chi connectivity index (χ1v) is 7.03. The first-order chi connectivity index (χ1) is 9.22. The lowest BCUT2D eigenvalue weighted by atomic mass is 9.78. The Morgan fingerprint density at radius 2 is 2.05 bits per heavy atom. The third kappa shape index (κ3) is 3.07. The maximum Gasteiger partial charge on any atom is 0.137 e. The van der Waals surface area contributed by atoms with E-state index in [1.807, 2.05) is 13.0 Å². The van der Waals surface area contributed by atoms with Crippen molar-refractivity contribution in [3.63, 3.8) is 0 Å². The van der Waals surface area contributed by atoms with Crippen molar-refractivity contribution in [1.82, 2.24) is 4.98 Å². The van der Waals surface area contributed by atoms with Crippen molar-refractivity contribution in [3.05, 3.63) is 24.0 Å². The molecule has 1 fully saturated rings. The fraction of sp³-hybridized carbons (Fsp3) is 0.667. The van der Waals surface area contributed by atoms with Crippen LogP contribution in [0.4, 0.5) is 0 Å². The van der Waals surface area contributed by atoms with E-state index in [1.54, 1.807) is 19.5 Å². The molecule has 0 saturated heterocycles. The summed E-state index contributed by atoms with van der Waals surface area (Å²) in [5.41, 5.74) is 0.316. The molecule has 1 aromatic rings. The van der Waals surface area contributed by atoms with Crippen LogP contribution in [0.1, 0.15) is 50.7 Å². The second-order valence-corrected chi connectivity index (χ2v) is 5.12. The molecule has 0 radical (unpaired) electrons. The van der Waals surface area contributed by atoms with Gasteiger partial charge in [-0.2, -0.15) is 0 Å². The molecule has 4 heteroatoms. The van der Waals surface area contributed by atoms with Gasteiger partial charge in [-0.25, -0.2) is 0 Å². The lowest BCUT2D eigenvalue weighted by Crippen LogP contribution is -2.41. The second kappa shape index (κ2) is 6.35. The Morgan fingerprint density at radius 3 is 2.68 bits per heavy atom. The average molecular weight is 265 g/mol. The quantitative estimate of drug-likeness (QED) is 0.889. The zero-order valence-electron chi connectivity index (χ0n) is 11.8. The van der Waals surface area contributed by atoms with Gasteiger partial charge in [0.2, 0.25) is 0 Å². The summed E-state index contributed by atoms with van der Waals surface area (Å²) in [4.78, 5) is 4.12. The number of nitrogens with zero attached hydrogens (tertiary/aromatic N) is 1. The largest absolute Gasteiger partial charge is 0.495 e. The molecule has 0 spiro atoms. The number of ether oxygens (including phenoxy) is 2. The molecule has 0 aliphatic heterocycles. The Bertz CT molecular complexity index is 397. The van der Waals surface area contributed by atoms with E-state index in [0.29, 0.717) is 12.4 Å². The normalized spacial score (nSPS) is 19.9. The molecule has 1 aliphatic carbocycles. The van der Waals surface area contributed by atoms with E-state index in [4.69, 9.17) is 9.47 Å². The summed E-state index contributed by atoms with van der Waals surface area (Å²) in [6.45, 7) is 2.60. The van der Waals surface area contributed by atoms with Gasteiger partial charge in [0, 0.05) is 18.4 Å². The summed E-state index contributed by atoms with van der Waals surface area (Å²) in [6.07, 6.45) is 7.93. The Labute approximate surface area is 114 Å². The number of aliphatic hydroxyl groups is 1. The maximum absolute atomic E-state index is 10.7. The van der Waals surface area contributed by atoms with E-state index >= 15 is 0 Å². The SMILES string of the molecule is CCOC1(C(O)c2cncc(OC)c2)CCCCC1. The molecule has 1 aliphatic rings. The number of aromatic nitrogens is 1. The molecular formula is C15H23NO3. The van der Waals surface area contributed by atoms with Gasteiger partial charge in [-0.05, 0) is 25.8 Å². The third-order valence-corrected chi connectivity index (χ3v) is 3.92. The molecule has 19 heavy (non-hydrogen) atoms. The fourth-order valence-electron chi connectivity index (χ4n) is 2.93. The fourth-order valence-corrected chi connectivity index (χ4v) is 2.93. The van der Waals surface area contributed by atoms with Crippen LogP contribution in [-0.2, 0) is 4.74 Å². The Hall–Kier alpha value is -1.13. The summed E-state index contributed by atoms with van der Waals surface area (Å²) in [5, 5.41) is 10.7. The number of hydrogen-bond acceptors (Lipinski definition) is 4. The van der Waals surface area contributed by atoms with Crippen molar-refractivity contribution in [2.75, 3.05) is 13.7 Å². The van der Waals surface area contributed by atoms with Gasteiger partial charge in [0.15, 0.2) is 0 Å². The predicted molar refractivity (Wildman–Crippen MR) is 73.2 cm³/mol. The minimum atomic E-state index is -0.643. The van der Waals surface area contributed by atoms with Crippen LogP contribution in [-0.4, -0.2) is 29.4 Å². The van der Waals surface area contributed by atoms with Crippen molar-refractivity contribution in [3.8, 4) is 5.75 Å². The molecular weight excluding hydrogens is 242 g/mol. The summed E-state index contributed by atoms with van der Waals surface area (Å²) < 4.78 is 11.1. The Kier molecular flexibility index (Phi) is 4.77. The molecule has 0 bridgehead atoms.